The minimum atomic E-state index is -0.103. The molecule has 90 valence electrons. The molecular weight excluding hydrogens is 286 g/mol. The number of nitrogens with two attached hydrogens (primary N) is 1. The van der Waals surface area contributed by atoms with Crippen molar-refractivity contribution in [2.75, 3.05) is 12.9 Å². The van der Waals surface area contributed by atoms with Gasteiger partial charge in [-0.3, -0.25) is 0 Å². The van der Waals surface area contributed by atoms with E-state index in [1.807, 2.05) is 31.7 Å². The number of benzene rings is 1. The molecule has 0 atom stereocenters. The molecule has 0 aliphatic carbocycles. The standard InChI is InChI=1S/C12H18BrNOS/c1-12(2,14)8-16-7-9-4-5-11(15-3)10(13)6-9/h4-6H,7-8,14H2,1-3H3. The normalized spacial score (nSPS) is 11.6. The average molecular weight is 304 g/mol. The summed E-state index contributed by atoms with van der Waals surface area (Å²) in [4.78, 5) is 0. The molecule has 2 nitrogen and oxygen atoms in total. The third kappa shape index (κ3) is 4.76. The molecular formula is C12H18BrNOS. The molecule has 0 amide bonds. The smallest absolute Gasteiger partial charge is 0.133 e. The van der Waals surface area contributed by atoms with Gasteiger partial charge in [0, 0.05) is 17.0 Å². The lowest BCUT2D eigenvalue weighted by atomic mass is 10.1. The van der Waals surface area contributed by atoms with Crippen LogP contribution in [0.4, 0.5) is 0 Å². The maximum atomic E-state index is 5.93. The van der Waals surface area contributed by atoms with Crippen LogP contribution in [0.15, 0.2) is 22.7 Å². The Balaban J connectivity index is 2.52. The summed E-state index contributed by atoms with van der Waals surface area (Å²) >= 11 is 5.33. The van der Waals surface area contributed by atoms with E-state index in [1.165, 1.54) is 5.56 Å². The summed E-state index contributed by atoms with van der Waals surface area (Å²) < 4.78 is 6.19. The van der Waals surface area contributed by atoms with E-state index < -0.39 is 0 Å². The number of hydrogen-bond acceptors (Lipinski definition) is 3. The lowest BCUT2D eigenvalue weighted by molar-refractivity contribution is 0.412. The molecule has 0 spiro atoms. The molecule has 0 unspecified atom stereocenters. The van der Waals surface area contributed by atoms with Gasteiger partial charge in [-0.2, -0.15) is 11.8 Å². The number of ether oxygens (including phenoxy) is 1. The lowest BCUT2D eigenvalue weighted by Crippen LogP contribution is -2.34. The Morgan fingerprint density at radius 3 is 2.62 bits per heavy atom. The van der Waals surface area contributed by atoms with Crippen LogP contribution in [0, 0.1) is 0 Å². The first-order valence-electron chi connectivity index (χ1n) is 5.11. The molecule has 0 aliphatic rings. The molecule has 1 rings (SSSR count). The van der Waals surface area contributed by atoms with Gasteiger partial charge in [0.05, 0.1) is 11.6 Å². The van der Waals surface area contributed by atoms with Gasteiger partial charge in [0.2, 0.25) is 0 Å². The monoisotopic (exact) mass is 303 g/mol. The molecule has 4 heteroatoms. The number of halogens is 1. The van der Waals surface area contributed by atoms with Crippen molar-refractivity contribution in [2.45, 2.75) is 25.1 Å². The molecule has 0 fully saturated rings. The summed E-state index contributed by atoms with van der Waals surface area (Å²) in [5.41, 5.74) is 7.10. The van der Waals surface area contributed by atoms with Crippen molar-refractivity contribution in [2.24, 2.45) is 5.73 Å². The summed E-state index contributed by atoms with van der Waals surface area (Å²) in [6, 6.07) is 6.16. The zero-order valence-electron chi connectivity index (χ0n) is 9.92. The van der Waals surface area contributed by atoms with Crippen LogP contribution in [-0.4, -0.2) is 18.4 Å². The van der Waals surface area contributed by atoms with Gasteiger partial charge >= 0.3 is 0 Å². The molecule has 0 aromatic heterocycles. The van der Waals surface area contributed by atoms with Gasteiger partial charge in [-0.15, -0.1) is 0 Å². The largest absolute Gasteiger partial charge is 0.496 e. The molecule has 0 aliphatic heterocycles. The second kappa shape index (κ2) is 5.94. The van der Waals surface area contributed by atoms with Crippen molar-refractivity contribution in [1.82, 2.24) is 0 Å². The fourth-order valence-electron chi connectivity index (χ4n) is 1.23. The third-order valence-electron chi connectivity index (χ3n) is 1.96. The highest BCUT2D eigenvalue weighted by Crippen LogP contribution is 2.27. The van der Waals surface area contributed by atoms with Gasteiger partial charge in [-0.1, -0.05) is 6.07 Å². The van der Waals surface area contributed by atoms with Crippen LogP contribution in [0.5, 0.6) is 5.75 Å². The summed E-state index contributed by atoms with van der Waals surface area (Å²) in [6.07, 6.45) is 0. The summed E-state index contributed by atoms with van der Waals surface area (Å²) in [6.45, 7) is 4.09. The van der Waals surface area contributed by atoms with Crippen LogP contribution in [0.2, 0.25) is 0 Å². The predicted molar refractivity (Wildman–Crippen MR) is 75.1 cm³/mol. The number of methoxy groups -OCH3 is 1. The van der Waals surface area contributed by atoms with E-state index in [2.05, 4.69) is 28.1 Å². The van der Waals surface area contributed by atoms with Crippen molar-refractivity contribution in [3.63, 3.8) is 0 Å². The molecule has 0 heterocycles. The Morgan fingerprint density at radius 1 is 1.44 bits per heavy atom. The average Bonchev–Trinajstić information content (AvgIpc) is 2.16. The maximum absolute atomic E-state index is 5.93. The maximum Gasteiger partial charge on any atom is 0.133 e. The minimum absolute atomic E-state index is 0.103. The first-order chi connectivity index (χ1) is 7.42. The summed E-state index contributed by atoms with van der Waals surface area (Å²) in [5, 5.41) is 0. The Labute approximate surface area is 110 Å². The van der Waals surface area contributed by atoms with Crippen molar-refractivity contribution in [3.8, 4) is 5.75 Å². The Kier molecular flexibility index (Phi) is 5.15. The summed E-state index contributed by atoms with van der Waals surface area (Å²) in [5.74, 6) is 2.80. The number of rotatable bonds is 5. The first kappa shape index (κ1) is 13.9. The first-order valence-corrected chi connectivity index (χ1v) is 7.06. The molecule has 1 aromatic carbocycles. The van der Waals surface area contributed by atoms with Gasteiger partial charge in [0.1, 0.15) is 5.75 Å². The number of hydrogen-bond donors (Lipinski definition) is 1. The lowest BCUT2D eigenvalue weighted by Gasteiger charge is -2.17. The van der Waals surface area contributed by atoms with Crippen LogP contribution in [0.3, 0.4) is 0 Å². The van der Waals surface area contributed by atoms with Crippen LogP contribution in [0.25, 0.3) is 0 Å². The van der Waals surface area contributed by atoms with E-state index in [4.69, 9.17) is 10.5 Å². The highest BCUT2D eigenvalue weighted by Gasteiger charge is 2.10. The predicted octanol–water partition coefficient (Wildman–Crippen LogP) is 3.43. The van der Waals surface area contributed by atoms with E-state index in [0.29, 0.717) is 0 Å². The fourth-order valence-corrected chi connectivity index (χ4v) is 2.86. The van der Waals surface area contributed by atoms with Crippen LogP contribution >= 0.6 is 27.7 Å². The fraction of sp³-hybridized carbons (Fsp3) is 0.500. The molecule has 16 heavy (non-hydrogen) atoms. The van der Waals surface area contributed by atoms with Gasteiger partial charge in [-0.05, 0) is 47.5 Å². The van der Waals surface area contributed by atoms with Crippen LogP contribution in [-0.2, 0) is 5.75 Å². The molecule has 1 aromatic rings. The second-order valence-electron chi connectivity index (χ2n) is 4.45. The van der Waals surface area contributed by atoms with Gasteiger partial charge in [-0.25, -0.2) is 0 Å². The van der Waals surface area contributed by atoms with Gasteiger partial charge < -0.3 is 10.5 Å². The second-order valence-corrected chi connectivity index (χ2v) is 6.29. The Hall–Kier alpha value is -0.190. The van der Waals surface area contributed by atoms with Gasteiger partial charge in [0.25, 0.3) is 0 Å². The van der Waals surface area contributed by atoms with Crippen LogP contribution in [0.1, 0.15) is 19.4 Å². The van der Waals surface area contributed by atoms with E-state index in [-0.39, 0.29) is 5.54 Å². The molecule has 0 saturated carbocycles. The Bertz CT molecular complexity index is 349. The Morgan fingerprint density at radius 2 is 2.12 bits per heavy atom. The zero-order valence-corrected chi connectivity index (χ0v) is 12.3. The van der Waals surface area contributed by atoms with E-state index in [1.54, 1.807) is 7.11 Å². The minimum Gasteiger partial charge on any atom is -0.496 e. The van der Waals surface area contributed by atoms with Crippen molar-refractivity contribution in [1.29, 1.82) is 0 Å². The highest BCUT2D eigenvalue weighted by molar-refractivity contribution is 9.10. The topological polar surface area (TPSA) is 35.2 Å². The molecule has 2 N–H and O–H groups in total. The third-order valence-corrected chi connectivity index (χ3v) is 4.06. The van der Waals surface area contributed by atoms with E-state index in [0.717, 1.165) is 21.7 Å². The summed E-state index contributed by atoms with van der Waals surface area (Å²) in [7, 11) is 1.67. The van der Waals surface area contributed by atoms with Crippen molar-refractivity contribution < 1.29 is 4.74 Å². The van der Waals surface area contributed by atoms with Crippen molar-refractivity contribution >= 4 is 27.7 Å². The zero-order chi connectivity index (χ0) is 12.2. The molecule has 0 bridgehead atoms. The molecule has 0 saturated heterocycles. The quantitative estimate of drug-likeness (QED) is 0.905. The van der Waals surface area contributed by atoms with Crippen molar-refractivity contribution in [3.05, 3.63) is 28.2 Å². The van der Waals surface area contributed by atoms with Gasteiger partial charge in [0.15, 0.2) is 0 Å². The number of thioether (sulfide) groups is 1. The van der Waals surface area contributed by atoms with E-state index >= 15 is 0 Å². The SMILES string of the molecule is COc1ccc(CSCC(C)(C)N)cc1Br. The van der Waals surface area contributed by atoms with Crippen LogP contribution < -0.4 is 10.5 Å². The molecule has 0 radical (unpaired) electrons. The van der Waals surface area contributed by atoms with E-state index in [9.17, 15) is 0 Å². The highest BCUT2D eigenvalue weighted by atomic mass is 79.9.